The highest BCUT2D eigenvalue weighted by molar-refractivity contribution is 6.07. The lowest BCUT2D eigenvalue weighted by atomic mass is 9.89. The highest BCUT2D eigenvalue weighted by Crippen LogP contribution is 2.31. The second-order valence-corrected chi connectivity index (χ2v) is 7.31. The minimum atomic E-state index is 0.0511. The van der Waals surface area contributed by atoms with Crippen molar-refractivity contribution < 1.29 is 9.21 Å². The molecule has 3 aromatic rings. The van der Waals surface area contributed by atoms with Crippen molar-refractivity contribution in [2.24, 2.45) is 0 Å². The van der Waals surface area contributed by atoms with Gasteiger partial charge in [-0.25, -0.2) is 0 Å². The fourth-order valence-corrected chi connectivity index (χ4v) is 3.85. The fourth-order valence-electron chi connectivity index (χ4n) is 3.85. The number of pyridine rings is 1. The van der Waals surface area contributed by atoms with E-state index in [4.69, 9.17) is 9.40 Å². The molecule has 1 aliphatic rings. The molecule has 134 valence electrons. The van der Waals surface area contributed by atoms with Gasteiger partial charge in [-0.15, -0.1) is 0 Å². The van der Waals surface area contributed by atoms with Gasteiger partial charge in [0.2, 0.25) is 0 Å². The average molecular weight is 348 g/mol. The molecule has 0 aliphatic heterocycles. The Morgan fingerprint density at radius 2 is 1.96 bits per heavy atom. The zero-order valence-corrected chi connectivity index (χ0v) is 15.6. The Hall–Kier alpha value is -2.62. The van der Waals surface area contributed by atoms with Gasteiger partial charge in [-0.05, 0) is 69.4 Å². The first kappa shape index (κ1) is 16.8. The molecule has 1 aromatic carbocycles. The number of hydrogen-bond donors (Lipinski definition) is 0. The number of benzene rings is 1. The van der Waals surface area contributed by atoms with E-state index in [1.807, 2.05) is 32.2 Å². The number of furan rings is 1. The summed E-state index contributed by atoms with van der Waals surface area (Å²) in [6.07, 6.45) is 4.15. The smallest absolute Gasteiger partial charge is 0.255 e. The third kappa shape index (κ3) is 3.00. The monoisotopic (exact) mass is 348 g/mol. The van der Waals surface area contributed by atoms with Gasteiger partial charge >= 0.3 is 0 Å². The Bertz CT molecular complexity index is 987. The molecule has 4 rings (SSSR count). The van der Waals surface area contributed by atoms with Gasteiger partial charge in [0.05, 0.1) is 17.6 Å². The maximum Gasteiger partial charge on any atom is 0.255 e. The van der Waals surface area contributed by atoms with Crippen LogP contribution >= 0.6 is 0 Å². The minimum Gasteiger partial charge on any atom is -0.464 e. The van der Waals surface area contributed by atoms with Gasteiger partial charge in [-0.1, -0.05) is 11.6 Å². The maximum absolute atomic E-state index is 13.4. The summed E-state index contributed by atoms with van der Waals surface area (Å²) in [5, 5.41) is 0.970. The molecule has 0 spiro atoms. The van der Waals surface area contributed by atoms with Crippen LogP contribution in [0.2, 0.25) is 0 Å². The van der Waals surface area contributed by atoms with Gasteiger partial charge in [0, 0.05) is 18.1 Å². The molecule has 0 atom stereocenters. The summed E-state index contributed by atoms with van der Waals surface area (Å²) in [7, 11) is 1.84. The van der Waals surface area contributed by atoms with Crippen LogP contribution in [0.4, 0.5) is 0 Å². The van der Waals surface area contributed by atoms with E-state index in [0.29, 0.717) is 6.54 Å². The SMILES string of the molecule is Cc1ccc2nc3c(c(C(=O)N(C)Cc4ccc(C)o4)c2c1)CCCC3. The maximum atomic E-state index is 13.4. The van der Waals surface area contributed by atoms with Crippen LogP contribution in [0.15, 0.2) is 34.7 Å². The van der Waals surface area contributed by atoms with Crippen molar-refractivity contribution in [3.63, 3.8) is 0 Å². The van der Waals surface area contributed by atoms with E-state index in [9.17, 15) is 4.79 Å². The van der Waals surface area contributed by atoms with Crippen LogP contribution < -0.4 is 0 Å². The van der Waals surface area contributed by atoms with Crippen molar-refractivity contribution in [1.82, 2.24) is 9.88 Å². The van der Waals surface area contributed by atoms with Gasteiger partial charge in [-0.3, -0.25) is 9.78 Å². The quantitative estimate of drug-likeness (QED) is 0.695. The van der Waals surface area contributed by atoms with Gasteiger partial charge in [-0.2, -0.15) is 0 Å². The fraction of sp³-hybridized carbons (Fsp3) is 0.364. The van der Waals surface area contributed by atoms with Gasteiger partial charge in [0.25, 0.3) is 5.91 Å². The number of amides is 1. The molecule has 1 amide bonds. The van der Waals surface area contributed by atoms with E-state index in [2.05, 4.69) is 19.1 Å². The lowest BCUT2D eigenvalue weighted by Crippen LogP contribution is -2.28. The number of carbonyl (C=O) groups is 1. The highest BCUT2D eigenvalue weighted by Gasteiger charge is 2.25. The van der Waals surface area contributed by atoms with Crippen LogP contribution in [0.5, 0.6) is 0 Å². The Balaban J connectivity index is 1.80. The van der Waals surface area contributed by atoms with E-state index < -0.39 is 0 Å². The van der Waals surface area contributed by atoms with E-state index >= 15 is 0 Å². The van der Waals surface area contributed by atoms with E-state index in [0.717, 1.165) is 70.5 Å². The lowest BCUT2D eigenvalue weighted by molar-refractivity contribution is 0.0775. The topological polar surface area (TPSA) is 46.3 Å². The van der Waals surface area contributed by atoms with Gasteiger partial charge < -0.3 is 9.32 Å². The van der Waals surface area contributed by atoms with Crippen molar-refractivity contribution >= 4 is 16.8 Å². The molecule has 0 saturated carbocycles. The van der Waals surface area contributed by atoms with E-state index in [1.165, 1.54) is 0 Å². The number of rotatable bonds is 3. The summed E-state index contributed by atoms with van der Waals surface area (Å²) >= 11 is 0. The number of aryl methyl sites for hydroxylation is 3. The van der Waals surface area contributed by atoms with Crippen molar-refractivity contribution in [2.75, 3.05) is 7.05 Å². The average Bonchev–Trinajstić information content (AvgIpc) is 3.04. The second kappa shape index (κ2) is 6.60. The summed E-state index contributed by atoms with van der Waals surface area (Å²) < 4.78 is 5.65. The Labute approximate surface area is 153 Å². The van der Waals surface area contributed by atoms with Gasteiger partial charge in [0.1, 0.15) is 11.5 Å². The molecule has 4 nitrogen and oxygen atoms in total. The molecule has 0 radical (unpaired) electrons. The number of nitrogens with zero attached hydrogens (tertiary/aromatic N) is 2. The Kier molecular flexibility index (Phi) is 4.27. The van der Waals surface area contributed by atoms with Crippen LogP contribution in [0.25, 0.3) is 10.9 Å². The second-order valence-electron chi connectivity index (χ2n) is 7.31. The van der Waals surface area contributed by atoms with E-state index in [-0.39, 0.29) is 5.91 Å². The summed E-state index contributed by atoms with van der Waals surface area (Å²) in [5.74, 6) is 1.72. The van der Waals surface area contributed by atoms with Gasteiger partial charge in [0.15, 0.2) is 0 Å². The predicted octanol–water partition coefficient (Wildman–Crippen LogP) is 4.60. The predicted molar refractivity (Wildman–Crippen MR) is 102 cm³/mol. The largest absolute Gasteiger partial charge is 0.464 e. The number of aromatic nitrogens is 1. The first-order valence-corrected chi connectivity index (χ1v) is 9.26. The van der Waals surface area contributed by atoms with Crippen molar-refractivity contribution in [1.29, 1.82) is 0 Å². The molecule has 2 aromatic heterocycles. The summed E-state index contributed by atoms with van der Waals surface area (Å²) in [4.78, 5) is 20.0. The molecule has 4 heteroatoms. The van der Waals surface area contributed by atoms with Crippen molar-refractivity contribution in [3.8, 4) is 0 Å². The molecule has 0 unspecified atom stereocenters. The van der Waals surface area contributed by atoms with Crippen LogP contribution in [0.1, 0.15) is 51.5 Å². The Morgan fingerprint density at radius 1 is 1.15 bits per heavy atom. The lowest BCUT2D eigenvalue weighted by Gasteiger charge is -2.23. The first-order valence-electron chi connectivity index (χ1n) is 9.26. The normalized spacial score (nSPS) is 13.7. The molecule has 26 heavy (non-hydrogen) atoms. The molecule has 0 bridgehead atoms. The molecule has 0 saturated heterocycles. The van der Waals surface area contributed by atoms with Crippen LogP contribution in [0, 0.1) is 13.8 Å². The minimum absolute atomic E-state index is 0.0511. The number of hydrogen-bond acceptors (Lipinski definition) is 3. The third-order valence-corrected chi connectivity index (χ3v) is 5.17. The van der Waals surface area contributed by atoms with Crippen LogP contribution in [0.3, 0.4) is 0 Å². The van der Waals surface area contributed by atoms with Crippen molar-refractivity contribution in [2.45, 2.75) is 46.1 Å². The summed E-state index contributed by atoms with van der Waals surface area (Å²) in [6.45, 7) is 4.44. The molecular formula is C22H24N2O2. The molecule has 2 heterocycles. The third-order valence-electron chi connectivity index (χ3n) is 5.17. The zero-order chi connectivity index (χ0) is 18.3. The summed E-state index contributed by atoms with van der Waals surface area (Å²) in [6, 6.07) is 10.1. The van der Waals surface area contributed by atoms with Crippen molar-refractivity contribution in [3.05, 3.63) is 64.2 Å². The number of carbonyl (C=O) groups excluding carboxylic acids is 1. The van der Waals surface area contributed by atoms with E-state index in [1.54, 1.807) is 4.90 Å². The Morgan fingerprint density at radius 3 is 2.73 bits per heavy atom. The zero-order valence-electron chi connectivity index (χ0n) is 15.6. The summed E-state index contributed by atoms with van der Waals surface area (Å²) in [5.41, 5.74) is 5.13. The van der Waals surface area contributed by atoms with Crippen LogP contribution in [-0.2, 0) is 19.4 Å². The van der Waals surface area contributed by atoms with Crippen LogP contribution in [-0.4, -0.2) is 22.8 Å². The molecule has 1 aliphatic carbocycles. The number of fused-ring (bicyclic) bond motifs is 2. The molecule has 0 N–H and O–H groups in total. The highest BCUT2D eigenvalue weighted by atomic mass is 16.3. The standard InChI is InChI=1S/C22H24N2O2/c1-14-8-11-20-18(12-14)21(17-6-4-5-7-19(17)23-20)22(25)24(3)13-16-10-9-15(2)26-16/h8-12H,4-7,13H2,1-3H3. The molecular weight excluding hydrogens is 324 g/mol. The first-order chi connectivity index (χ1) is 12.5. The molecule has 0 fully saturated rings.